The van der Waals surface area contributed by atoms with E-state index in [0.717, 1.165) is 30.6 Å². The number of nitrogens with zero attached hydrogens (tertiary/aromatic N) is 1. The molecular formula is C18H20N2O. The van der Waals surface area contributed by atoms with Gasteiger partial charge in [0.05, 0.1) is 0 Å². The van der Waals surface area contributed by atoms with Gasteiger partial charge in [0.25, 0.3) is 5.91 Å². The average Bonchev–Trinajstić information content (AvgIpc) is 2.97. The van der Waals surface area contributed by atoms with Crippen LogP contribution < -0.4 is 5.73 Å². The lowest BCUT2D eigenvalue weighted by atomic mass is 9.99. The number of aryl methyl sites for hydroxylation is 1. The lowest BCUT2D eigenvalue weighted by Crippen LogP contribution is -2.29. The van der Waals surface area contributed by atoms with Crippen LogP contribution in [0.2, 0.25) is 0 Å². The first kappa shape index (κ1) is 13.7. The highest BCUT2D eigenvalue weighted by Crippen LogP contribution is 2.28. The Labute approximate surface area is 125 Å². The number of rotatable bonds is 2. The van der Waals surface area contributed by atoms with E-state index in [1.807, 2.05) is 30.0 Å². The smallest absolute Gasteiger partial charge is 0.254 e. The molecule has 0 bridgehead atoms. The minimum Gasteiger partial charge on any atom is -0.399 e. The second-order valence-corrected chi connectivity index (χ2v) is 5.72. The molecule has 0 aromatic heterocycles. The fraction of sp³-hybridized carbons (Fsp3) is 0.278. The molecule has 2 N–H and O–H groups in total. The van der Waals surface area contributed by atoms with Crippen molar-refractivity contribution in [3.63, 3.8) is 0 Å². The van der Waals surface area contributed by atoms with Gasteiger partial charge in [0.2, 0.25) is 0 Å². The predicted octanol–water partition coefficient (Wildman–Crippen LogP) is 3.21. The van der Waals surface area contributed by atoms with E-state index in [1.165, 1.54) is 5.56 Å². The van der Waals surface area contributed by atoms with E-state index in [1.54, 1.807) is 6.07 Å². The minimum absolute atomic E-state index is 0.117. The van der Waals surface area contributed by atoms with Gasteiger partial charge in [-0.15, -0.1) is 0 Å². The fourth-order valence-electron chi connectivity index (χ4n) is 3.04. The van der Waals surface area contributed by atoms with Crippen LogP contribution in [-0.2, 0) is 0 Å². The van der Waals surface area contributed by atoms with Crippen molar-refractivity contribution in [1.82, 2.24) is 4.90 Å². The summed E-state index contributed by atoms with van der Waals surface area (Å²) < 4.78 is 0. The highest BCUT2D eigenvalue weighted by Gasteiger charge is 2.28. The lowest BCUT2D eigenvalue weighted by Gasteiger charge is -2.18. The van der Waals surface area contributed by atoms with Gasteiger partial charge in [-0.05, 0) is 42.7 Å². The standard InChI is InChI=1S/C18H20N2O/c1-13-11-16(19)7-8-17(13)18(21)20-10-9-15(12-20)14-5-3-2-4-6-14/h2-8,11,15H,9-10,12,19H2,1H3. The number of amides is 1. The molecule has 0 radical (unpaired) electrons. The van der Waals surface area contributed by atoms with Gasteiger partial charge < -0.3 is 10.6 Å². The minimum atomic E-state index is 0.117. The summed E-state index contributed by atoms with van der Waals surface area (Å²) in [7, 11) is 0. The topological polar surface area (TPSA) is 46.3 Å². The van der Waals surface area contributed by atoms with Gasteiger partial charge >= 0.3 is 0 Å². The summed E-state index contributed by atoms with van der Waals surface area (Å²) in [6, 6.07) is 15.9. The molecular weight excluding hydrogens is 260 g/mol. The van der Waals surface area contributed by atoms with Gasteiger partial charge in [0.15, 0.2) is 0 Å². The molecule has 2 aromatic rings. The number of likely N-dealkylation sites (tertiary alicyclic amines) is 1. The SMILES string of the molecule is Cc1cc(N)ccc1C(=O)N1CCC(c2ccccc2)C1. The van der Waals surface area contributed by atoms with Gasteiger partial charge in [0, 0.05) is 30.3 Å². The number of carbonyl (C=O) groups excluding carboxylic acids is 1. The molecule has 3 heteroatoms. The number of benzene rings is 2. The molecule has 1 amide bonds. The Kier molecular flexibility index (Phi) is 3.65. The molecule has 1 heterocycles. The second kappa shape index (κ2) is 5.60. The van der Waals surface area contributed by atoms with Gasteiger partial charge in [0.1, 0.15) is 0 Å². The zero-order valence-electron chi connectivity index (χ0n) is 12.3. The maximum absolute atomic E-state index is 12.6. The molecule has 1 aliphatic heterocycles. The first-order chi connectivity index (χ1) is 10.1. The largest absolute Gasteiger partial charge is 0.399 e. The van der Waals surface area contributed by atoms with Crippen LogP contribution in [0, 0.1) is 6.92 Å². The van der Waals surface area contributed by atoms with Crippen LogP contribution in [0.1, 0.15) is 33.8 Å². The highest BCUT2D eigenvalue weighted by molar-refractivity contribution is 5.96. The number of hydrogen-bond acceptors (Lipinski definition) is 2. The second-order valence-electron chi connectivity index (χ2n) is 5.72. The Balaban J connectivity index is 1.75. The Morgan fingerprint density at radius 2 is 1.95 bits per heavy atom. The van der Waals surface area contributed by atoms with Crippen molar-refractivity contribution < 1.29 is 4.79 Å². The summed E-state index contributed by atoms with van der Waals surface area (Å²) >= 11 is 0. The fourth-order valence-corrected chi connectivity index (χ4v) is 3.04. The van der Waals surface area contributed by atoms with Gasteiger partial charge in [-0.25, -0.2) is 0 Å². The van der Waals surface area contributed by atoms with Gasteiger partial charge in [-0.3, -0.25) is 4.79 Å². The van der Waals surface area contributed by atoms with Crippen molar-refractivity contribution >= 4 is 11.6 Å². The van der Waals surface area contributed by atoms with E-state index in [0.29, 0.717) is 11.6 Å². The summed E-state index contributed by atoms with van der Waals surface area (Å²) in [5, 5.41) is 0. The maximum Gasteiger partial charge on any atom is 0.254 e. The Bertz CT molecular complexity index is 652. The Hall–Kier alpha value is -2.29. The van der Waals surface area contributed by atoms with Crippen LogP contribution in [0.5, 0.6) is 0 Å². The van der Waals surface area contributed by atoms with E-state index >= 15 is 0 Å². The molecule has 1 aliphatic rings. The molecule has 3 rings (SSSR count). The molecule has 0 spiro atoms. The summed E-state index contributed by atoms with van der Waals surface area (Å²) in [5.41, 5.74) is 9.49. The highest BCUT2D eigenvalue weighted by atomic mass is 16.2. The number of nitrogens with two attached hydrogens (primary N) is 1. The van der Waals surface area contributed by atoms with E-state index in [-0.39, 0.29) is 5.91 Å². The number of hydrogen-bond donors (Lipinski definition) is 1. The molecule has 0 saturated carbocycles. The van der Waals surface area contributed by atoms with E-state index in [4.69, 9.17) is 5.73 Å². The Morgan fingerprint density at radius 3 is 2.67 bits per heavy atom. The summed E-state index contributed by atoms with van der Waals surface area (Å²) in [5.74, 6) is 0.565. The number of nitrogen functional groups attached to an aromatic ring is 1. The molecule has 1 fully saturated rings. The maximum atomic E-state index is 12.6. The van der Waals surface area contributed by atoms with E-state index in [2.05, 4.69) is 24.3 Å². The van der Waals surface area contributed by atoms with Crippen molar-refractivity contribution in [3.8, 4) is 0 Å². The van der Waals surface area contributed by atoms with E-state index < -0.39 is 0 Å². The van der Waals surface area contributed by atoms with Crippen LogP contribution in [0.3, 0.4) is 0 Å². The van der Waals surface area contributed by atoms with Crippen LogP contribution in [0.25, 0.3) is 0 Å². The molecule has 1 unspecified atom stereocenters. The molecule has 21 heavy (non-hydrogen) atoms. The third kappa shape index (κ3) is 2.77. The first-order valence-corrected chi connectivity index (χ1v) is 7.35. The quantitative estimate of drug-likeness (QED) is 0.859. The van der Waals surface area contributed by atoms with E-state index in [9.17, 15) is 4.79 Å². The average molecular weight is 280 g/mol. The van der Waals surface area contributed by atoms with Crippen molar-refractivity contribution in [3.05, 3.63) is 65.2 Å². The predicted molar refractivity (Wildman–Crippen MR) is 85.3 cm³/mol. The number of anilines is 1. The summed E-state index contributed by atoms with van der Waals surface area (Å²) in [6.45, 7) is 3.56. The zero-order chi connectivity index (χ0) is 14.8. The van der Waals surface area contributed by atoms with Crippen LogP contribution in [0.4, 0.5) is 5.69 Å². The van der Waals surface area contributed by atoms with Crippen molar-refractivity contribution in [1.29, 1.82) is 0 Å². The van der Waals surface area contributed by atoms with Crippen molar-refractivity contribution in [2.45, 2.75) is 19.3 Å². The van der Waals surface area contributed by atoms with Gasteiger partial charge in [-0.2, -0.15) is 0 Å². The van der Waals surface area contributed by atoms with Crippen LogP contribution in [-0.4, -0.2) is 23.9 Å². The summed E-state index contributed by atoms with van der Waals surface area (Å²) in [4.78, 5) is 14.6. The van der Waals surface area contributed by atoms with Gasteiger partial charge in [-0.1, -0.05) is 30.3 Å². The Morgan fingerprint density at radius 1 is 1.19 bits per heavy atom. The molecule has 1 saturated heterocycles. The molecule has 3 nitrogen and oxygen atoms in total. The molecule has 108 valence electrons. The zero-order valence-corrected chi connectivity index (χ0v) is 12.3. The first-order valence-electron chi connectivity index (χ1n) is 7.35. The monoisotopic (exact) mass is 280 g/mol. The normalized spacial score (nSPS) is 18.0. The molecule has 1 atom stereocenters. The molecule has 0 aliphatic carbocycles. The number of carbonyl (C=O) groups is 1. The van der Waals surface area contributed by atoms with Crippen LogP contribution in [0.15, 0.2) is 48.5 Å². The van der Waals surface area contributed by atoms with Crippen molar-refractivity contribution in [2.24, 2.45) is 0 Å². The third-order valence-corrected chi connectivity index (χ3v) is 4.23. The lowest BCUT2D eigenvalue weighted by molar-refractivity contribution is 0.0790. The summed E-state index contributed by atoms with van der Waals surface area (Å²) in [6.07, 6.45) is 1.03. The van der Waals surface area contributed by atoms with Crippen LogP contribution >= 0.6 is 0 Å². The van der Waals surface area contributed by atoms with Crippen molar-refractivity contribution in [2.75, 3.05) is 18.8 Å². The molecule has 2 aromatic carbocycles. The third-order valence-electron chi connectivity index (χ3n) is 4.23.